The molecule has 0 aliphatic rings. The molecule has 0 saturated carbocycles. The molecular formula is C3H10CuN2. The van der Waals surface area contributed by atoms with Crippen molar-refractivity contribution in [1.29, 1.82) is 0 Å². The van der Waals surface area contributed by atoms with Crippen LogP contribution in [0.1, 0.15) is 13.3 Å². The molecule has 0 atom stereocenters. The first-order valence-corrected chi connectivity index (χ1v) is 1.78. The summed E-state index contributed by atoms with van der Waals surface area (Å²) in [4.78, 5) is 0. The molecule has 0 rings (SSSR count). The molecule has 0 aliphatic carbocycles. The van der Waals surface area contributed by atoms with Crippen molar-refractivity contribution in [3.8, 4) is 0 Å². The largest absolute Gasteiger partial charge is 0.316 e. The molecule has 0 aliphatic heterocycles. The first-order valence-electron chi connectivity index (χ1n) is 1.78. The molecule has 0 amide bonds. The third kappa shape index (κ3) is 8.83. The summed E-state index contributed by atoms with van der Waals surface area (Å²) in [6, 6.07) is 0. The van der Waals surface area contributed by atoms with Gasteiger partial charge in [-0.05, 0) is 6.42 Å². The Morgan fingerprint density at radius 2 is 1.67 bits per heavy atom. The standard InChI is InChI=1S/C3H10N2.Cu/c1-2-3(4)5;/h3H,2,4-5H2,1H3;. The Balaban J connectivity index is 0. The van der Waals surface area contributed by atoms with Gasteiger partial charge in [-0.15, -0.1) is 0 Å². The molecule has 0 aromatic rings. The minimum absolute atomic E-state index is 0. The van der Waals surface area contributed by atoms with Gasteiger partial charge in [-0.25, -0.2) is 0 Å². The van der Waals surface area contributed by atoms with Gasteiger partial charge in [-0.1, -0.05) is 6.92 Å². The summed E-state index contributed by atoms with van der Waals surface area (Å²) in [7, 11) is 0. The summed E-state index contributed by atoms with van der Waals surface area (Å²) in [6.07, 6.45) is 0.745. The van der Waals surface area contributed by atoms with Crippen molar-refractivity contribution in [1.82, 2.24) is 0 Å². The Hall–Kier alpha value is 0.439. The molecule has 0 fully saturated rings. The van der Waals surface area contributed by atoms with Gasteiger partial charge < -0.3 is 11.5 Å². The van der Waals surface area contributed by atoms with E-state index in [0.717, 1.165) is 6.42 Å². The number of rotatable bonds is 1. The summed E-state index contributed by atoms with van der Waals surface area (Å²) >= 11 is 0. The van der Waals surface area contributed by atoms with Crippen LogP contribution in [0.5, 0.6) is 0 Å². The van der Waals surface area contributed by atoms with Gasteiger partial charge in [-0.2, -0.15) is 0 Å². The summed E-state index contributed by atoms with van der Waals surface area (Å²) in [5.74, 6) is 0. The predicted molar refractivity (Wildman–Crippen MR) is 22.5 cm³/mol. The fourth-order valence-electron chi connectivity index (χ4n) is 0. The van der Waals surface area contributed by atoms with Crippen molar-refractivity contribution >= 4 is 0 Å². The van der Waals surface area contributed by atoms with E-state index in [9.17, 15) is 0 Å². The smallest absolute Gasteiger partial charge is 0.0518 e. The SMILES string of the molecule is CCC(N)N.[Cu]. The summed E-state index contributed by atoms with van der Waals surface area (Å²) in [5.41, 5.74) is 10.1. The van der Waals surface area contributed by atoms with Crippen molar-refractivity contribution < 1.29 is 17.1 Å². The van der Waals surface area contributed by atoms with Crippen LogP contribution in [0.4, 0.5) is 0 Å². The Kier molecular flexibility index (Phi) is 8.76. The van der Waals surface area contributed by atoms with Crippen LogP contribution in [-0.2, 0) is 17.1 Å². The van der Waals surface area contributed by atoms with Crippen molar-refractivity contribution in [2.24, 2.45) is 11.5 Å². The Labute approximate surface area is 48.7 Å². The molecule has 2 nitrogen and oxygen atoms in total. The van der Waals surface area contributed by atoms with Crippen LogP contribution in [0.25, 0.3) is 0 Å². The molecule has 0 saturated heterocycles. The van der Waals surface area contributed by atoms with Gasteiger partial charge in [-0.3, -0.25) is 0 Å². The van der Waals surface area contributed by atoms with E-state index in [1.807, 2.05) is 6.92 Å². The fraction of sp³-hybridized carbons (Fsp3) is 1.00. The average molecular weight is 138 g/mol. The van der Waals surface area contributed by atoms with Gasteiger partial charge in [0.15, 0.2) is 0 Å². The molecule has 0 aromatic carbocycles. The third-order valence-corrected chi connectivity index (χ3v) is 0.471. The van der Waals surface area contributed by atoms with Gasteiger partial charge in [0.2, 0.25) is 0 Å². The van der Waals surface area contributed by atoms with Crippen LogP contribution in [0.15, 0.2) is 0 Å². The maximum absolute atomic E-state index is 5.07. The fourth-order valence-corrected chi connectivity index (χ4v) is 0. The first kappa shape index (κ1) is 9.67. The maximum atomic E-state index is 5.07. The summed E-state index contributed by atoms with van der Waals surface area (Å²) in [5, 5.41) is 0. The zero-order valence-corrected chi connectivity index (χ0v) is 4.68. The van der Waals surface area contributed by atoms with E-state index < -0.39 is 0 Å². The van der Waals surface area contributed by atoms with Crippen LogP contribution in [0, 0.1) is 0 Å². The van der Waals surface area contributed by atoms with E-state index in [-0.39, 0.29) is 23.2 Å². The Morgan fingerprint density at radius 3 is 1.67 bits per heavy atom. The minimum atomic E-state index is -0.116. The van der Waals surface area contributed by atoms with Gasteiger partial charge in [0.05, 0.1) is 6.17 Å². The quantitative estimate of drug-likeness (QED) is 0.383. The number of nitrogens with two attached hydrogens (primary N) is 2. The molecule has 4 N–H and O–H groups in total. The summed E-state index contributed by atoms with van der Waals surface area (Å²) < 4.78 is 0. The monoisotopic (exact) mass is 137 g/mol. The normalized spacial score (nSPS) is 8.00. The zero-order chi connectivity index (χ0) is 4.28. The molecule has 0 unspecified atom stereocenters. The van der Waals surface area contributed by atoms with Crippen molar-refractivity contribution in [3.63, 3.8) is 0 Å². The van der Waals surface area contributed by atoms with Crippen molar-refractivity contribution in [3.05, 3.63) is 0 Å². The molecule has 6 heavy (non-hydrogen) atoms. The minimum Gasteiger partial charge on any atom is -0.316 e. The molecule has 0 aromatic heterocycles. The molecule has 0 heterocycles. The van der Waals surface area contributed by atoms with Crippen LogP contribution in [-0.4, -0.2) is 6.17 Å². The first-order chi connectivity index (χ1) is 2.27. The van der Waals surface area contributed by atoms with Crippen LogP contribution in [0.3, 0.4) is 0 Å². The topological polar surface area (TPSA) is 52.0 Å². The maximum Gasteiger partial charge on any atom is 0.0518 e. The van der Waals surface area contributed by atoms with Crippen LogP contribution in [0.2, 0.25) is 0 Å². The van der Waals surface area contributed by atoms with Crippen molar-refractivity contribution in [2.45, 2.75) is 19.5 Å². The average Bonchev–Trinajstić information content (AvgIpc) is 1.38. The van der Waals surface area contributed by atoms with Gasteiger partial charge >= 0.3 is 0 Å². The van der Waals surface area contributed by atoms with E-state index in [4.69, 9.17) is 11.5 Å². The van der Waals surface area contributed by atoms with E-state index in [1.165, 1.54) is 0 Å². The Bertz CT molecular complexity index is 22.8. The molecule has 3 heteroatoms. The van der Waals surface area contributed by atoms with E-state index in [0.29, 0.717) is 0 Å². The third-order valence-electron chi connectivity index (χ3n) is 0.471. The second-order valence-corrected chi connectivity index (χ2v) is 1.07. The van der Waals surface area contributed by atoms with Crippen molar-refractivity contribution in [2.75, 3.05) is 0 Å². The molecular weight excluding hydrogens is 128 g/mol. The second kappa shape index (κ2) is 5.44. The number of hydrogen-bond acceptors (Lipinski definition) is 2. The van der Waals surface area contributed by atoms with Gasteiger partial charge in [0, 0.05) is 17.1 Å². The summed E-state index contributed by atoms with van der Waals surface area (Å²) in [6.45, 7) is 1.95. The van der Waals surface area contributed by atoms with Gasteiger partial charge in [0.1, 0.15) is 0 Å². The second-order valence-electron chi connectivity index (χ2n) is 1.07. The predicted octanol–water partition coefficient (Wildman–Crippen LogP) is -0.363. The van der Waals surface area contributed by atoms with E-state index >= 15 is 0 Å². The van der Waals surface area contributed by atoms with Gasteiger partial charge in [0.25, 0.3) is 0 Å². The molecule has 0 spiro atoms. The molecule has 43 valence electrons. The molecule has 0 bridgehead atoms. The van der Waals surface area contributed by atoms with Crippen LogP contribution < -0.4 is 11.5 Å². The Morgan fingerprint density at radius 1 is 1.50 bits per heavy atom. The zero-order valence-electron chi connectivity index (χ0n) is 3.74. The number of hydrogen-bond donors (Lipinski definition) is 2. The van der Waals surface area contributed by atoms with E-state index in [1.54, 1.807) is 0 Å². The van der Waals surface area contributed by atoms with E-state index in [2.05, 4.69) is 0 Å². The molecule has 1 radical (unpaired) electrons. The van der Waals surface area contributed by atoms with Crippen LogP contribution >= 0.6 is 0 Å².